The lowest BCUT2D eigenvalue weighted by molar-refractivity contribution is -0.0246. The summed E-state index contributed by atoms with van der Waals surface area (Å²) in [5, 5.41) is 10.1. The Balaban J connectivity index is 1.73. The van der Waals surface area contributed by atoms with Crippen LogP contribution in [0.15, 0.2) is 36.7 Å². The zero-order chi connectivity index (χ0) is 21.4. The smallest absolute Gasteiger partial charge is 0.197 e. The van der Waals surface area contributed by atoms with Gasteiger partial charge in [0.25, 0.3) is 0 Å². The standard InChI is InChI=1S/C26H40N2O2/c1-3-5-7-9-11-12-14-22-20-27-26(28-21-22)23-16-18-24(19-17-23)30-25(29)15-13-10-8-6-4-2/h16-21,25,29H,3-15H2,1-2H3. The van der Waals surface area contributed by atoms with E-state index in [9.17, 15) is 5.11 Å². The first kappa shape index (κ1) is 24.3. The van der Waals surface area contributed by atoms with Crippen molar-refractivity contribution in [1.82, 2.24) is 9.97 Å². The van der Waals surface area contributed by atoms with Crippen LogP contribution in [0.3, 0.4) is 0 Å². The maximum atomic E-state index is 10.1. The third kappa shape index (κ3) is 9.71. The third-order valence-electron chi connectivity index (χ3n) is 5.46. The molecule has 0 saturated carbocycles. The molecule has 0 aliphatic carbocycles. The number of hydrogen-bond donors (Lipinski definition) is 1. The lowest BCUT2D eigenvalue weighted by Crippen LogP contribution is -2.15. The third-order valence-corrected chi connectivity index (χ3v) is 5.46. The van der Waals surface area contributed by atoms with Gasteiger partial charge in [-0.2, -0.15) is 0 Å². The summed E-state index contributed by atoms with van der Waals surface area (Å²) >= 11 is 0. The van der Waals surface area contributed by atoms with Crippen LogP contribution in [0, 0.1) is 0 Å². The molecule has 0 fully saturated rings. The van der Waals surface area contributed by atoms with E-state index in [1.54, 1.807) is 0 Å². The van der Waals surface area contributed by atoms with Gasteiger partial charge in [-0.15, -0.1) is 0 Å². The molecule has 0 radical (unpaired) electrons. The number of aliphatic hydroxyl groups excluding tert-OH is 1. The molecule has 0 amide bonds. The predicted molar refractivity (Wildman–Crippen MR) is 125 cm³/mol. The van der Waals surface area contributed by atoms with Crippen molar-refractivity contribution in [2.24, 2.45) is 0 Å². The molecule has 1 heterocycles. The second kappa shape index (κ2) is 15.0. The quantitative estimate of drug-likeness (QED) is 0.236. The molecule has 0 aliphatic rings. The zero-order valence-corrected chi connectivity index (χ0v) is 19.0. The summed E-state index contributed by atoms with van der Waals surface area (Å²) in [6.07, 6.45) is 18.6. The van der Waals surface area contributed by atoms with E-state index in [0.29, 0.717) is 12.2 Å². The van der Waals surface area contributed by atoms with Crippen molar-refractivity contribution in [1.29, 1.82) is 0 Å². The second-order valence-corrected chi connectivity index (χ2v) is 8.23. The van der Waals surface area contributed by atoms with Crippen molar-refractivity contribution in [3.05, 3.63) is 42.2 Å². The van der Waals surface area contributed by atoms with Gasteiger partial charge in [0.05, 0.1) is 0 Å². The molecule has 2 aromatic rings. The zero-order valence-electron chi connectivity index (χ0n) is 19.0. The van der Waals surface area contributed by atoms with Gasteiger partial charge in [0.1, 0.15) is 5.75 Å². The first-order valence-corrected chi connectivity index (χ1v) is 12.0. The summed E-state index contributed by atoms with van der Waals surface area (Å²) in [7, 11) is 0. The lowest BCUT2D eigenvalue weighted by Gasteiger charge is -2.13. The van der Waals surface area contributed by atoms with Gasteiger partial charge in [0, 0.05) is 24.4 Å². The topological polar surface area (TPSA) is 55.2 Å². The summed E-state index contributed by atoms with van der Waals surface area (Å²) in [5.41, 5.74) is 2.17. The fourth-order valence-corrected chi connectivity index (χ4v) is 3.56. The number of hydrogen-bond acceptors (Lipinski definition) is 4. The molecule has 1 N–H and O–H groups in total. The monoisotopic (exact) mass is 412 g/mol. The van der Waals surface area contributed by atoms with Gasteiger partial charge in [0.15, 0.2) is 12.1 Å². The molecule has 30 heavy (non-hydrogen) atoms. The van der Waals surface area contributed by atoms with Crippen LogP contribution in [0.25, 0.3) is 11.4 Å². The van der Waals surface area contributed by atoms with Gasteiger partial charge < -0.3 is 9.84 Å². The summed E-state index contributed by atoms with van der Waals surface area (Å²) in [6, 6.07) is 7.66. The minimum absolute atomic E-state index is 0.675. The van der Waals surface area contributed by atoms with E-state index in [1.165, 1.54) is 63.4 Å². The van der Waals surface area contributed by atoms with Crippen molar-refractivity contribution in [2.75, 3.05) is 0 Å². The Labute approximate surface area is 183 Å². The minimum Gasteiger partial charge on any atom is -0.465 e. The van der Waals surface area contributed by atoms with Gasteiger partial charge in [-0.3, -0.25) is 0 Å². The summed E-state index contributed by atoms with van der Waals surface area (Å²) < 4.78 is 5.62. The normalized spacial score (nSPS) is 12.1. The highest BCUT2D eigenvalue weighted by Crippen LogP contribution is 2.21. The Morgan fingerprint density at radius 2 is 1.33 bits per heavy atom. The van der Waals surface area contributed by atoms with E-state index in [1.807, 2.05) is 36.7 Å². The number of aryl methyl sites for hydroxylation is 1. The van der Waals surface area contributed by atoms with Crippen molar-refractivity contribution >= 4 is 0 Å². The Hall–Kier alpha value is -1.94. The van der Waals surface area contributed by atoms with E-state index < -0.39 is 6.29 Å². The minimum atomic E-state index is -0.741. The first-order chi connectivity index (χ1) is 14.7. The van der Waals surface area contributed by atoms with Gasteiger partial charge in [-0.05, 0) is 49.1 Å². The second-order valence-electron chi connectivity index (χ2n) is 8.23. The number of ether oxygens (including phenoxy) is 1. The van der Waals surface area contributed by atoms with Crippen LogP contribution in [0.1, 0.15) is 96.5 Å². The Bertz CT molecular complexity index is 670. The predicted octanol–water partition coefficient (Wildman–Crippen LogP) is 7.10. The van der Waals surface area contributed by atoms with Crippen LogP contribution in [0.4, 0.5) is 0 Å². The number of nitrogens with zero attached hydrogens (tertiary/aromatic N) is 2. The van der Waals surface area contributed by atoms with Crippen LogP contribution in [0.5, 0.6) is 5.75 Å². The maximum absolute atomic E-state index is 10.1. The molecule has 4 nitrogen and oxygen atoms in total. The van der Waals surface area contributed by atoms with Crippen molar-refractivity contribution < 1.29 is 9.84 Å². The van der Waals surface area contributed by atoms with E-state index >= 15 is 0 Å². The Morgan fingerprint density at radius 1 is 0.767 bits per heavy atom. The highest BCUT2D eigenvalue weighted by atomic mass is 16.6. The van der Waals surface area contributed by atoms with Crippen LogP contribution < -0.4 is 4.74 Å². The molecule has 1 aromatic heterocycles. The highest BCUT2D eigenvalue weighted by Gasteiger charge is 2.07. The lowest BCUT2D eigenvalue weighted by atomic mass is 10.1. The molecule has 1 atom stereocenters. The molecule has 0 saturated heterocycles. The molecule has 0 bridgehead atoms. The molecule has 1 unspecified atom stereocenters. The van der Waals surface area contributed by atoms with Gasteiger partial charge in [0.2, 0.25) is 0 Å². The van der Waals surface area contributed by atoms with Gasteiger partial charge in [-0.1, -0.05) is 71.6 Å². The average Bonchev–Trinajstić information content (AvgIpc) is 2.77. The Morgan fingerprint density at radius 3 is 1.97 bits per heavy atom. The van der Waals surface area contributed by atoms with Crippen molar-refractivity contribution in [3.63, 3.8) is 0 Å². The molecule has 0 spiro atoms. The van der Waals surface area contributed by atoms with Crippen LogP contribution in [-0.2, 0) is 6.42 Å². The molecule has 0 aliphatic heterocycles. The van der Waals surface area contributed by atoms with Crippen LogP contribution in [-0.4, -0.2) is 21.4 Å². The van der Waals surface area contributed by atoms with Crippen LogP contribution >= 0.6 is 0 Å². The van der Waals surface area contributed by atoms with Crippen LogP contribution in [0.2, 0.25) is 0 Å². The van der Waals surface area contributed by atoms with Gasteiger partial charge in [-0.25, -0.2) is 9.97 Å². The first-order valence-electron chi connectivity index (χ1n) is 12.0. The molecule has 166 valence electrons. The van der Waals surface area contributed by atoms with Gasteiger partial charge >= 0.3 is 0 Å². The largest absolute Gasteiger partial charge is 0.465 e. The SMILES string of the molecule is CCCCCCCCc1cnc(-c2ccc(OC(O)CCCCCCC)cc2)nc1. The fourth-order valence-electron chi connectivity index (χ4n) is 3.56. The number of aromatic nitrogens is 2. The fraction of sp³-hybridized carbons (Fsp3) is 0.615. The molecular weight excluding hydrogens is 372 g/mol. The number of unbranched alkanes of at least 4 members (excludes halogenated alkanes) is 9. The number of benzene rings is 1. The average molecular weight is 413 g/mol. The highest BCUT2D eigenvalue weighted by molar-refractivity contribution is 5.55. The van der Waals surface area contributed by atoms with Crippen molar-refractivity contribution in [3.8, 4) is 17.1 Å². The molecule has 1 aromatic carbocycles. The maximum Gasteiger partial charge on any atom is 0.197 e. The summed E-state index contributed by atoms with van der Waals surface area (Å²) in [5.74, 6) is 1.41. The van der Waals surface area contributed by atoms with E-state index in [0.717, 1.165) is 30.7 Å². The van der Waals surface area contributed by atoms with E-state index in [2.05, 4.69) is 23.8 Å². The molecular formula is C26H40N2O2. The number of aliphatic hydroxyl groups is 1. The Kier molecular flexibility index (Phi) is 12.1. The number of rotatable bonds is 16. The summed E-state index contributed by atoms with van der Waals surface area (Å²) in [6.45, 7) is 4.46. The molecule has 4 heteroatoms. The molecule has 2 rings (SSSR count). The van der Waals surface area contributed by atoms with E-state index in [4.69, 9.17) is 4.74 Å². The van der Waals surface area contributed by atoms with E-state index in [-0.39, 0.29) is 0 Å². The summed E-state index contributed by atoms with van der Waals surface area (Å²) in [4.78, 5) is 9.06. The van der Waals surface area contributed by atoms with Crippen molar-refractivity contribution in [2.45, 2.75) is 104 Å².